The van der Waals surface area contributed by atoms with Crippen molar-refractivity contribution in [3.8, 4) is 5.75 Å². The number of aryl methyl sites for hydroxylation is 1. The molecule has 0 N–H and O–H groups in total. The molecule has 1 aliphatic rings. The summed E-state index contributed by atoms with van der Waals surface area (Å²) in [6, 6.07) is 14.8. The van der Waals surface area contributed by atoms with E-state index in [0.29, 0.717) is 31.0 Å². The van der Waals surface area contributed by atoms with Gasteiger partial charge in [-0.15, -0.1) is 0 Å². The molecule has 0 aromatic heterocycles. The van der Waals surface area contributed by atoms with E-state index in [1.54, 1.807) is 16.4 Å². The van der Waals surface area contributed by atoms with Crippen LogP contribution in [0.25, 0.3) is 5.57 Å². The van der Waals surface area contributed by atoms with E-state index < -0.39 is 10.0 Å². The van der Waals surface area contributed by atoms with Gasteiger partial charge in [0, 0.05) is 18.7 Å². The van der Waals surface area contributed by atoms with Crippen molar-refractivity contribution in [2.24, 2.45) is 0 Å². The fraction of sp³-hybridized carbons (Fsp3) is 0.300. The van der Waals surface area contributed by atoms with Crippen LogP contribution in [0.1, 0.15) is 24.5 Å². The highest BCUT2D eigenvalue weighted by atomic mass is 32.2. The summed E-state index contributed by atoms with van der Waals surface area (Å²) in [7, 11) is -3.49. The molecule has 0 saturated carbocycles. The van der Waals surface area contributed by atoms with E-state index in [4.69, 9.17) is 4.74 Å². The van der Waals surface area contributed by atoms with Gasteiger partial charge in [-0.3, -0.25) is 0 Å². The Kier molecular flexibility index (Phi) is 5.25. The Morgan fingerprint density at radius 1 is 1.08 bits per heavy atom. The van der Waals surface area contributed by atoms with Crippen LogP contribution in [0.3, 0.4) is 0 Å². The maximum atomic E-state index is 13.0. The maximum Gasteiger partial charge on any atom is 0.243 e. The SMILES string of the molecule is CCOc1ccccc1C1=CCCN(S(=O)(=O)c2ccc(C)cc2)C1. The van der Waals surface area contributed by atoms with Gasteiger partial charge in [-0.05, 0) is 44.0 Å². The van der Waals surface area contributed by atoms with Gasteiger partial charge in [0.15, 0.2) is 0 Å². The molecule has 2 aromatic rings. The van der Waals surface area contributed by atoms with Gasteiger partial charge >= 0.3 is 0 Å². The zero-order valence-electron chi connectivity index (χ0n) is 14.6. The zero-order chi connectivity index (χ0) is 17.9. The number of sulfonamides is 1. The Labute approximate surface area is 149 Å². The minimum Gasteiger partial charge on any atom is -0.493 e. The summed E-state index contributed by atoms with van der Waals surface area (Å²) in [5, 5.41) is 0. The second-order valence-corrected chi connectivity index (χ2v) is 8.04. The van der Waals surface area contributed by atoms with E-state index in [1.165, 1.54) is 0 Å². The first kappa shape index (κ1) is 17.7. The second kappa shape index (κ2) is 7.42. The molecule has 0 saturated heterocycles. The van der Waals surface area contributed by atoms with Crippen LogP contribution in [0.5, 0.6) is 5.75 Å². The smallest absolute Gasteiger partial charge is 0.243 e. The highest BCUT2D eigenvalue weighted by molar-refractivity contribution is 7.89. The first-order chi connectivity index (χ1) is 12.0. The molecule has 3 rings (SSSR count). The average Bonchev–Trinajstić information content (AvgIpc) is 2.63. The van der Waals surface area contributed by atoms with Gasteiger partial charge in [0.05, 0.1) is 11.5 Å². The standard InChI is InChI=1S/C20H23NO3S/c1-3-24-20-9-5-4-8-19(20)17-7-6-14-21(15-17)25(22,23)18-12-10-16(2)11-13-18/h4-5,7-13H,3,6,14-15H2,1-2H3. The molecule has 132 valence electrons. The van der Waals surface area contributed by atoms with E-state index >= 15 is 0 Å². The molecule has 0 radical (unpaired) electrons. The van der Waals surface area contributed by atoms with Gasteiger partial charge in [-0.25, -0.2) is 8.42 Å². The third-order valence-electron chi connectivity index (χ3n) is 4.31. The van der Waals surface area contributed by atoms with Crippen LogP contribution < -0.4 is 4.74 Å². The van der Waals surface area contributed by atoms with Crippen LogP contribution in [0, 0.1) is 6.92 Å². The molecule has 2 aromatic carbocycles. The highest BCUT2D eigenvalue weighted by Gasteiger charge is 2.28. The molecule has 0 atom stereocenters. The lowest BCUT2D eigenvalue weighted by molar-refractivity contribution is 0.338. The molecule has 1 heterocycles. The predicted molar refractivity (Wildman–Crippen MR) is 100 cm³/mol. The Hall–Kier alpha value is -2.11. The fourth-order valence-electron chi connectivity index (χ4n) is 2.99. The molecule has 0 bridgehead atoms. The van der Waals surface area contributed by atoms with Crippen molar-refractivity contribution in [1.82, 2.24) is 4.31 Å². The average molecular weight is 357 g/mol. The Morgan fingerprint density at radius 2 is 1.80 bits per heavy atom. The summed E-state index contributed by atoms with van der Waals surface area (Å²) < 4.78 is 33.2. The van der Waals surface area contributed by atoms with Crippen LogP contribution in [0.2, 0.25) is 0 Å². The van der Waals surface area contributed by atoms with E-state index in [9.17, 15) is 8.42 Å². The van der Waals surface area contributed by atoms with Crippen molar-refractivity contribution in [3.63, 3.8) is 0 Å². The number of ether oxygens (including phenoxy) is 1. The van der Waals surface area contributed by atoms with Crippen LogP contribution in [0.4, 0.5) is 0 Å². The first-order valence-corrected chi connectivity index (χ1v) is 9.94. The summed E-state index contributed by atoms with van der Waals surface area (Å²) in [4.78, 5) is 0.345. The topological polar surface area (TPSA) is 46.6 Å². The van der Waals surface area contributed by atoms with E-state index in [-0.39, 0.29) is 0 Å². The first-order valence-electron chi connectivity index (χ1n) is 8.50. The van der Waals surface area contributed by atoms with Gasteiger partial charge < -0.3 is 4.74 Å². The van der Waals surface area contributed by atoms with Crippen LogP contribution in [-0.4, -0.2) is 32.4 Å². The molecular weight excluding hydrogens is 334 g/mol. The molecular formula is C20H23NO3S. The summed E-state index contributed by atoms with van der Waals surface area (Å²) in [6.07, 6.45) is 2.81. The summed E-state index contributed by atoms with van der Waals surface area (Å²) in [6.45, 7) is 5.33. The van der Waals surface area contributed by atoms with Gasteiger partial charge in [0.2, 0.25) is 10.0 Å². The summed E-state index contributed by atoms with van der Waals surface area (Å²) in [5.74, 6) is 0.797. The normalized spacial score (nSPS) is 15.7. The minimum absolute atomic E-state index is 0.345. The van der Waals surface area contributed by atoms with E-state index in [0.717, 1.165) is 22.4 Å². The molecule has 5 heteroatoms. The quantitative estimate of drug-likeness (QED) is 0.816. The molecule has 0 spiro atoms. The zero-order valence-corrected chi connectivity index (χ0v) is 15.4. The predicted octanol–water partition coefficient (Wildman–Crippen LogP) is 3.87. The van der Waals surface area contributed by atoms with Gasteiger partial charge in [-0.2, -0.15) is 4.31 Å². The van der Waals surface area contributed by atoms with E-state index in [1.807, 2.05) is 50.2 Å². The van der Waals surface area contributed by atoms with Crippen LogP contribution in [-0.2, 0) is 10.0 Å². The van der Waals surface area contributed by atoms with Crippen molar-refractivity contribution in [1.29, 1.82) is 0 Å². The van der Waals surface area contributed by atoms with Crippen molar-refractivity contribution < 1.29 is 13.2 Å². The van der Waals surface area contributed by atoms with Gasteiger partial charge in [-0.1, -0.05) is 42.0 Å². The Morgan fingerprint density at radius 3 is 2.52 bits per heavy atom. The highest BCUT2D eigenvalue weighted by Crippen LogP contribution is 2.31. The molecule has 0 fully saturated rings. The number of benzene rings is 2. The Balaban J connectivity index is 1.88. The Bertz CT molecular complexity index is 870. The summed E-state index contributed by atoms with van der Waals surface area (Å²) in [5.41, 5.74) is 3.00. The third-order valence-corrected chi connectivity index (χ3v) is 6.17. The van der Waals surface area contributed by atoms with Crippen LogP contribution >= 0.6 is 0 Å². The van der Waals surface area contributed by atoms with Gasteiger partial charge in [0.25, 0.3) is 0 Å². The molecule has 0 unspecified atom stereocenters. The van der Waals surface area contributed by atoms with Crippen molar-refractivity contribution in [2.75, 3.05) is 19.7 Å². The molecule has 0 amide bonds. The lowest BCUT2D eigenvalue weighted by atomic mass is 10.0. The summed E-state index contributed by atoms with van der Waals surface area (Å²) >= 11 is 0. The lowest BCUT2D eigenvalue weighted by Gasteiger charge is -2.27. The van der Waals surface area contributed by atoms with Crippen molar-refractivity contribution in [2.45, 2.75) is 25.2 Å². The maximum absolute atomic E-state index is 13.0. The fourth-order valence-corrected chi connectivity index (χ4v) is 4.42. The van der Waals surface area contributed by atoms with Crippen LogP contribution in [0.15, 0.2) is 59.5 Å². The number of nitrogens with zero attached hydrogens (tertiary/aromatic N) is 1. The number of hydrogen-bond acceptors (Lipinski definition) is 3. The lowest BCUT2D eigenvalue weighted by Crippen LogP contribution is -2.35. The molecule has 1 aliphatic heterocycles. The van der Waals surface area contributed by atoms with E-state index in [2.05, 4.69) is 6.08 Å². The number of para-hydroxylation sites is 1. The largest absolute Gasteiger partial charge is 0.493 e. The minimum atomic E-state index is -3.49. The second-order valence-electron chi connectivity index (χ2n) is 6.10. The number of hydrogen-bond donors (Lipinski definition) is 0. The van der Waals surface area contributed by atoms with Crippen molar-refractivity contribution in [3.05, 3.63) is 65.7 Å². The van der Waals surface area contributed by atoms with Crippen molar-refractivity contribution >= 4 is 15.6 Å². The molecule has 4 nitrogen and oxygen atoms in total. The molecule has 25 heavy (non-hydrogen) atoms. The molecule has 0 aliphatic carbocycles. The van der Waals surface area contributed by atoms with Gasteiger partial charge in [0.1, 0.15) is 5.75 Å². The monoisotopic (exact) mass is 357 g/mol. The third kappa shape index (κ3) is 3.78. The number of rotatable bonds is 5.